The van der Waals surface area contributed by atoms with Gasteiger partial charge >= 0.3 is 0 Å². The molecule has 2 amide bonds. The number of hydrogen-bond donors (Lipinski definition) is 0. The fourth-order valence-corrected chi connectivity index (χ4v) is 5.11. The standard InChI is InChI=1S/C34H36N2O6/c1-25-14-15-31-30(17-25)34(39)28(23-42-31)19-35(18-26-9-4-2-5-10-26)32(37)21-36(20-29-13-8-16-41-29)33(38)24-40-22-27-11-6-3-7-12-27/h2-7,9-12,14-15,17,23,29H,8,13,16,18-22,24H2,1H3. The van der Waals surface area contributed by atoms with Crippen molar-refractivity contribution in [2.45, 2.75) is 45.6 Å². The summed E-state index contributed by atoms with van der Waals surface area (Å²) in [5.41, 5.74) is 3.52. The van der Waals surface area contributed by atoms with Crippen molar-refractivity contribution in [1.29, 1.82) is 0 Å². The summed E-state index contributed by atoms with van der Waals surface area (Å²) in [7, 11) is 0. The first-order valence-electron chi connectivity index (χ1n) is 14.3. The van der Waals surface area contributed by atoms with Gasteiger partial charge in [0.2, 0.25) is 11.8 Å². The van der Waals surface area contributed by atoms with E-state index in [9.17, 15) is 14.4 Å². The molecule has 1 saturated heterocycles. The van der Waals surface area contributed by atoms with Crippen molar-refractivity contribution < 1.29 is 23.5 Å². The number of amides is 2. The molecule has 1 fully saturated rings. The van der Waals surface area contributed by atoms with Crippen molar-refractivity contribution in [3.05, 3.63) is 118 Å². The summed E-state index contributed by atoms with van der Waals surface area (Å²) in [6.07, 6.45) is 3.04. The van der Waals surface area contributed by atoms with Gasteiger partial charge in [-0.3, -0.25) is 14.4 Å². The van der Waals surface area contributed by atoms with Crippen molar-refractivity contribution in [2.75, 3.05) is 26.3 Å². The lowest BCUT2D eigenvalue weighted by Crippen LogP contribution is -2.46. The topological polar surface area (TPSA) is 89.3 Å². The second kappa shape index (κ2) is 14.1. The highest BCUT2D eigenvalue weighted by atomic mass is 16.5. The minimum Gasteiger partial charge on any atom is -0.464 e. The van der Waals surface area contributed by atoms with E-state index in [1.807, 2.05) is 73.7 Å². The molecule has 0 bridgehead atoms. The van der Waals surface area contributed by atoms with Crippen LogP contribution in [0.1, 0.15) is 35.1 Å². The summed E-state index contributed by atoms with van der Waals surface area (Å²) in [5.74, 6) is -0.563. The number of fused-ring (bicyclic) bond motifs is 1. The van der Waals surface area contributed by atoms with E-state index < -0.39 is 0 Å². The zero-order chi connectivity index (χ0) is 29.3. The molecule has 1 aromatic heterocycles. The molecule has 8 heteroatoms. The fraction of sp³-hybridized carbons (Fsp3) is 0.324. The second-order valence-corrected chi connectivity index (χ2v) is 10.7. The van der Waals surface area contributed by atoms with E-state index in [0.717, 1.165) is 29.5 Å². The first kappa shape index (κ1) is 29.2. The molecule has 1 aliphatic rings. The Morgan fingerprint density at radius 1 is 0.905 bits per heavy atom. The lowest BCUT2D eigenvalue weighted by atomic mass is 10.1. The number of carbonyl (C=O) groups is 2. The van der Waals surface area contributed by atoms with E-state index in [2.05, 4.69) is 0 Å². The Balaban J connectivity index is 1.35. The van der Waals surface area contributed by atoms with Gasteiger partial charge in [0.1, 0.15) is 12.2 Å². The molecule has 1 atom stereocenters. The van der Waals surface area contributed by atoms with Gasteiger partial charge in [-0.1, -0.05) is 72.3 Å². The van der Waals surface area contributed by atoms with E-state index >= 15 is 0 Å². The Kier molecular flexibility index (Phi) is 9.79. The minimum atomic E-state index is -0.282. The summed E-state index contributed by atoms with van der Waals surface area (Å²) in [4.78, 5) is 43.7. The van der Waals surface area contributed by atoms with Crippen LogP contribution in [0, 0.1) is 6.92 Å². The molecule has 0 aliphatic carbocycles. The second-order valence-electron chi connectivity index (χ2n) is 10.7. The zero-order valence-electron chi connectivity index (χ0n) is 23.9. The largest absolute Gasteiger partial charge is 0.464 e. The van der Waals surface area contributed by atoms with Crippen molar-refractivity contribution in [2.24, 2.45) is 0 Å². The molecule has 42 heavy (non-hydrogen) atoms. The highest BCUT2D eigenvalue weighted by Gasteiger charge is 2.27. The monoisotopic (exact) mass is 568 g/mol. The normalized spacial score (nSPS) is 14.6. The maximum Gasteiger partial charge on any atom is 0.249 e. The summed E-state index contributed by atoms with van der Waals surface area (Å²) in [6.45, 7) is 3.17. The Morgan fingerprint density at radius 2 is 1.64 bits per heavy atom. The average molecular weight is 569 g/mol. The molecule has 0 radical (unpaired) electrons. The molecule has 2 heterocycles. The predicted octanol–water partition coefficient (Wildman–Crippen LogP) is 4.85. The molecular weight excluding hydrogens is 532 g/mol. The number of ether oxygens (including phenoxy) is 2. The number of benzene rings is 3. The van der Waals surface area contributed by atoms with Crippen LogP contribution in [0.25, 0.3) is 11.0 Å². The maximum absolute atomic E-state index is 13.9. The summed E-state index contributed by atoms with van der Waals surface area (Å²) in [5, 5.41) is 0.477. The number of carbonyl (C=O) groups excluding carboxylic acids is 2. The van der Waals surface area contributed by atoms with Crippen molar-refractivity contribution in [3.8, 4) is 0 Å². The van der Waals surface area contributed by atoms with Crippen LogP contribution in [0.5, 0.6) is 0 Å². The van der Waals surface area contributed by atoms with Crippen molar-refractivity contribution >= 4 is 22.8 Å². The lowest BCUT2D eigenvalue weighted by Gasteiger charge is -2.29. The Hall–Kier alpha value is -4.27. The van der Waals surface area contributed by atoms with Gasteiger partial charge in [0.05, 0.1) is 43.0 Å². The van der Waals surface area contributed by atoms with E-state index in [0.29, 0.717) is 36.3 Å². The molecule has 8 nitrogen and oxygen atoms in total. The third kappa shape index (κ3) is 7.72. The molecule has 1 aliphatic heterocycles. The van der Waals surface area contributed by atoms with Crippen molar-refractivity contribution in [1.82, 2.24) is 9.80 Å². The SMILES string of the molecule is Cc1ccc2occ(CN(Cc3ccccc3)C(=O)CN(CC3CCCO3)C(=O)COCc3ccccc3)c(=O)c2c1. The Morgan fingerprint density at radius 3 is 2.36 bits per heavy atom. The molecule has 218 valence electrons. The smallest absolute Gasteiger partial charge is 0.249 e. The van der Waals surface area contributed by atoms with Gasteiger partial charge in [-0.15, -0.1) is 0 Å². The third-order valence-corrected chi connectivity index (χ3v) is 7.39. The van der Waals surface area contributed by atoms with Crippen LogP contribution in [-0.2, 0) is 38.8 Å². The average Bonchev–Trinajstić information content (AvgIpc) is 3.52. The zero-order valence-corrected chi connectivity index (χ0v) is 23.9. The molecule has 0 spiro atoms. The number of nitrogens with zero attached hydrogens (tertiary/aromatic N) is 2. The molecular formula is C34H36N2O6. The van der Waals surface area contributed by atoms with Crippen LogP contribution in [-0.4, -0.2) is 54.0 Å². The molecule has 4 aromatic rings. The minimum absolute atomic E-state index is 0.0480. The lowest BCUT2D eigenvalue weighted by molar-refractivity contribution is -0.145. The van der Waals surface area contributed by atoms with Gasteiger partial charge in [0.25, 0.3) is 0 Å². The Bertz CT molecular complexity index is 1550. The molecule has 3 aromatic carbocycles. The van der Waals surface area contributed by atoms with Crippen LogP contribution in [0.4, 0.5) is 0 Å². The summed E-state index contributed by atoms with van der Waals surface area (Å²) >= 11 is 0. The van der Waals surface area contributed by atoms with Crippen LogP contribution in [0.3, 0.4) is 0 Å². The van der Waals surface area contributed by atoms with Gasteiger partial charge < -0.3 is 23.7 Å². The third-order valence-electron chi connectivity index (χ3n) is 7.39. The van der Waals surface area contributed by atoms with Gasteiger partial charge in [-0.05, 0) is 43.0 Å². The highest BCUT2D eigenvalue weighted by Crippen LogP contribution is 2.17. The Labute approximate surface area is 245 Å². The van der Waals surface area contributed by atoms with Gasteiger partial charge in [0.15, 0.2) is 5.43 Å². The van der Waals surface area contributed by atoms with Gasteiger partial charge in [-0.25, -0.2) is 0 Å². The first-order valence-corrected chi connectivity index (χ1v) is 14.3. The van der Waals surface area contributed by atoms with Crippen LogP contribution in [0.15, 0.2) is 94.3 Å². The van der Waals surface area contributed by atoms with Crippen LogP contribution in [0.2, 0.25) is 0 Å². The number of aryl methyl sites for hydroxylation is 1. The molecule has 1 unspecified atom stereocenters. The predicted molar refractivity (Wildman–Crippen MR) is 160 cm³/mol. The molecule has 5 rings (SSSR count). The van der Waals surface area contributed by atoms with Crippen LogP contribution >= 0.6 is 0 Å². The first-order chi connectivity index (χ1) is 20.5. The summed E-state index contributed by atoms with van der Waals surface area (Å²) in [6, 6.07) is 24.7. The highest BCUT2D eigenvalue weighted by molar-refractivity contribution is 5.85. The fourth-order valence-electron chi connectivity index (χ4n) is 5.11. The maximum atomic E-state index is 13.9. The van der Waals surface area contributed by atoms with E-state index in [4.69, 9.17) is 13.9 Å². The molecule has 0 N–H and O–H groups in total. The number of hydrogen-bond acceptors (Lipinski definition) is 6. The van der Waals surface area contributed by atoms with E-state index in [1.165, 1.54) is 11.2 Å². The van der Waals surface area contributed by atoms with E-state index in [-0.39, 0.29) is 49.6 Å². The quantitative estimate of drug-likeness (QED) is 0.243. The summed E-state index contributed by atoms with van der Waals surface area (Å²) < 4.78 is 17.3. The van der Waals surface area contributed by atoms with Gasteiger partial charge in [-0.2, -0.15) is 0 Å². The van der Waals surface area contributed by atoms with E-state index in [1.54, 1.807) is 17.0 Å². The van der Waals surface area contributed by atoms with Crippen molar-refractivity contribution in [3.63, 3.8) is 0 Å². The van der Waals surface area contributed by atoms with Gasteiger partial charge in [0, 0.05) is 19.7 Å². The number of rotatable bonds is 12. The van der Waals surface area contributed by atoms with Crippen LogP contribution < -0.4 is 5.43 Å². The molecule has 0 saturated carbocycles.